The lowest BCUT2D eigenvalue weighted by atomic mass is 9.85. The van der Waals surface area contributed by atoms with Crippen LogP contribution in [0.4, 0.5) is 0 Å². The molecule has 1 N–H and O–H groups in total. The van der Waals surface area contributed by atoms with Crippen molar-refractivity contribution in [2.45, 2.75) is 32.7 Å². The summed E-state index contributed by atoms with van der Waals surface area (Å²) in [6.07, 6.45) is 0.691. The molecular weight excluding hydrogens is 244 g/mol. The molecule has 104 valence electrons. The largest absolute Gasteiger partial charge is 0.354 e. The van der Waals surface area contributed by atoms with Gasteiger partial charge in [-0.2, -0.15) is 5.10 Å². The number of hydrogen-bond donors (Lipinski definition) is 1. The lowest BCUT2D eigenvalue weighted by Gasteiger charge is -2.48. The van der Waals surface area contributed by atoms with Gasteiger partial charge in [0.1, 0.15) is 5.54 Å². The summed E-state index contributed by atoms with van der Waals surface area (Å²) >= 11 is 0. The molecule has 6 heteroatoms. The van der Waals surface area contributed by atoms with Gasteiger partial charge in [0.2, 0.25) is 5.91 Å². The third-order valence-corrected chi connectivity index (χ3v) is 3.82. The molecule has 0 saturated carbocycles. The molecule has 1 aromatic heterocycles. The predicted molar refractivity (Wildman–Crippen MR) is 70.7 cm³/mol. The van der Waals surface area contributed by atoms with Crippen LogP contribution in [-0.4, -0.2) is 45.1 Å². The topological polar surface area (TPSA) is 67.2 Å². The molecule has 1 atom stereocenters. The standard InChI is InChI=1S/C13H20N4O2/c1-5-14-12(19)13(3)6-7-17(13)11(18)10-8-9(2)16(4)15-10/h8H,5-7H2,1-4H3,(H,14,19). The van der Waals surface area contributed by atoms with E-state index in [2.05, 4.69) is 10.4 Å². The van der Waals surface area contributed by atoms with Crippen molar-refractivity contribution in [3.8, 4) is 0 Å². The van der Waals surface area contributed by atoms with E-state index in [0.717, 1.165) is 5.69 Å². The summed E-state index contributed by atoms with van der Waals surface area (Å²) in [5.41, 5.74) is 0.581. The Hall–Kier alpha value is -1.85. The zero-order valence-electron chi connectivity index (χ0n) is 11.9. The van der Waals surface area contributed by atoms with Gasteiger partial charge in [-0.15, -0.1) is 0 Å². The zero-order chi connectivity index (χ0) is 14.2. The van der Waals surface area contributed by atoms with Crippen molar-refractivity contribution in [3.05, 3.63) is 17.5 Å². The summed E-state index contributed by atoms with van der Waals surface area (Å²) in [4.78, 5) is 26.0. The van der Waals surface area contributed by atoms with Crippen LogP contribution in [0.2, 0.25) is 0 Å². The van der Waals surface area contributed by atoms with Crippen LogP contribution < -0.4 is 5.32 Å². The van der Waals surface area contributed by atoms with Crippen molar-refractivity contribution in [1.29, 1.82) is 0 Å². The number of amides is 2. The minimum absolute atomic E-state index is 0.0951. The lowest BCUT2D eigenvalue weighted by molar-refractivity contribution is -0.137. The van der Waals surface area contributed by atoms with Gasteiger partial charge in [-0.1, -0.05) is 0 Å². The fourth-order valence-corrected chi connectivity index (χ4v) is 2.28. The Bertz CT molecular complexity index is 503. The summed E-state index contributed by atoms with van der Waals surface area (Å²) < 4.78 is 1.66. The van der Waals surface area contributed by atoms with Crippen LogP contribution in [0, 0.1) is 6.92 Å². The highest BCUT2D eigenvalue weighted by atomic mass is 16.2. The number of hydrogen-bond acceptors (Lipinski definition) is 3. The van der Waals surface area contributed by atoms with Gasteiger partial charge in [0.05, 0.1) is 0 Å². The van der Waals surface area contributed by atoms with Gasteiger partial charge in [0, 0.05) is 25.8 Å². The maximum absolute atomic E-state index is 12.4. The normalized spacial score (nSPS) is 22.0. The second kappa shape index (κ2) is 4.68. The first-order valence-electron chi connectivity index (χ1n) is 6.51. The number of rotatable bonds is 3. The zero-order valence-corrected chi connectivity index (χ0v) is 11.9. The van der Waals surface area contributed by atoms with Crippen LogP contribution in [0.15, 0.2) is 6.07 Å². The van der Waals surface area contributed by atoms with Crippen LogP contribution in [0.25, 0.3) is 0 Å². The maximum Gasteiger partial charge on any atom is 0.275 e. The number of carbonyl (C=O) groups excluding carboxylic acids is 2. The van der Waals surface area contributed by atoms with Crippen molar-refractivity contribution in [3.63, 3.8) is 0 Å². The van der Waals surface area contributed by atoms with E-state index >= 15 is 0 Å². The average molecular weight is 264 g/mol. The van der Waals surface area contributed by atoms with Crippen LogP contribution in [0.3, 0.4) is 0 Å². The number of aryl methyl sites for hydroxylation is 2. The minimum atomic E-state index is -0.738. The number of carbonyl (C=O) groups is 2. The predicted octanol–water partition coefficient (Wildman–Crippen LogP) is 0.469. The Morgan fingerprint density at radius 3 is 2.63 bits per heavy atom. The highest BCUT2D eigenvalue weighted by Gasteiger charge is 2.49. The molecular formula is C13H20N4O2. The second-order valence-corrected chi connectivity index (χ2v) is 5.13. The van der Waals surface area contributed by atoms with Gasteiger partial charge in [-0.3, -0.25) is 14.3 Å². The van der Waals surface area contributed by atoms with E-state index in [0.29, 0.717) is 25.2 Å². The fourth-order valence-electron chi connectivity index (χ4n) is 2.28. The van der Waals surface area contributed by atoms with E-state index in [1.54, 1.807) is 29.6 Å². The molecule has 2 rings (SSSR count). The number of nitrogens with one attached hydrogen (secondary N) is 1. The first kappa shape index (κ1) is 13.6. The summed E-state index contributed by atoms with van der Waals surface area (Å²) in [7, 11) is 1.80. The second-order valence-electron chi connectivity index (χ2n) is 5.13. The lowest BCUT2D eigenvalue weighted by Crippen LogP contribution is -2.67. The van der Waals surface area contributed by atoms with E-state index in [9.17, 15) is 9.59 Å². The first-order chi connectivity index (χ1) is 8.90. The molecule has 0 bridgehead atoms. The molecule has 0 aliphatic carbocycles. The van der Waals surface area contributed by atoms with Crippen LogP contribution in [0.5, 0.6) is 0 Å². The third kappa shape index (κ3) is 2.11. The summed E-state index contributed by atoms with van der Waals surface area (Å²) in [5, 5.41) is 6.96. The molecule has 1 unspecified atom stereocenters. The minimum Gasteiger partial charge on any atom is -0.354 e. The number of likely N-dealkylation sites (tertiary alicyclic amines) is 1. The summed E-state index contributed by atoms with van der Waals surface area (Å²) in [6, 6.07) is 1.75. The molecule has 0 radical (unpaired) electrons. The number of nitrogens with zero attached hydrogens (tertiary/aromatic N) is 3. The number of likely N-dealkylation sites (N-methyl/N-ethyl adjacent to an activating group) is 1. The monoisotopic (exact) mass is 264 g/mol. The smallest absolute Gasteiger partial charge is 0.275 e. The van der Waals surface area contributed by atoms with E-state index < -0.39 is 5.54 Å². The SMILES string of the molecule is CCNC(=O)C1(C)CCN1C(=O)c1cc(C)n(C)n1. The van der Waals surface area contributed by atoms with Gasteiger partial charge in [0.15, 0.2) is 5.69 Å². The molecule has 1 saturated heterocycles. The highest BCUT2D eigenvalue weighted by Crippen LogP contribution is 2.31. The van der Waals surface area contributed by atoms with Gasteiger partial charge >= 0.3 is 0 Å². The Labute approximate surface area is 112 Å². The molecule has 2 heterocycles. The van der Waals surface area contributed by atoms with Crippen molar-refractivity contribution < 1.29 is 9.59 Å². The summed E-state index contributed by atoms with van der Waals surface area (Å²) in [6.45, 7) is 6.73. The Balaban J connectivity index is 2.18. The molecule has 1 fully saturated rings. The fraction of sp³-hybridized carbons (Fsp3) is 0.615. The summed E-state index contributed by atoms with van der Waals surface area (Å²) in [5.74, 6) is -0.272. The van der Waals surface area contributed by atoms with Crippen LogP contribution in [0.1, 0.15) is 36.5 Å². The molecule has 1 aliphatic rings. The van der Waals surface area contributed by atoms with E-state index in [4.69, 9.17) is 0 Å². The van der Waals surface area contributed by atoms with Gasteiger partial charge in [0.25, 0.3) is 5.91 Å². The van der Waals surface area contributed by atoms with Crippen LogP contribution in [-0.2, 0) is 11.8 Å². The van der Waals surface area contributed by atoms with Gasteiger partial charge in [-0.25, -0.2) is 0 Å². The molecule has 2 amide bonds. The average Bonchev–Trinajstić information content (AvgIpc) is 2.67. The number of aromatic nitrogens is 2. The van der Waals surface area contributed by atoms with Crippen LogP contribution >= 0.6 is 0 Å². The van der Waals surface area contributed by atoms with Crippen molar-refractivity contribution in [2.24, 2.45) is 7.05 Å². The van der Waals surface area contributed by atoms with E-state index in [1.165, 1.54) is 0 Å². The Morgan fingerprint density at radius 1 is 1.53 bits per heavy atom. The van der Waals surface area contributed by atoms with Crippen molar-refractivity contribution in [2.75, 3.05) is 13.1 Å². The molecule has 1 aromatic rings. The van der Waals surface area contributed by atoms with E-state index in [1.807, 2.05) is 13.8 Å². The van der Waals surface area contributed by atoms with E-state index in [-0.39, 0.29) is 11.8 Å². The van der Waals surface area contributed by atoms with Gasteiger partial charge < -0.3 is 10.2 Å². The molecule has 6 nitrogen and oxygen atoms in total. The van der Waals surface area contributed by atoms with Gasteiger partial charge in [-0.05, 0) is 33.3 Å². The molecule has 0 aromatic carbocycles. The maximum atomic E-state index is 12.4. The van der Waals surface area contributed by atoms with Crippen molar-refractivity contribution >= 4 is 11.8 Å². The first-order valence-corrected chi connectivity index (χ1v) is 6.51. The Kier molecular flexibility index (Phi) is 3.34. The quantitative estimate of drug-likeness (QED) is 0.863. The molecule has 1 aliphatic heterocycles. The highest BCUT2D eigenvalue weighted by molar-refractivity contribution is 5.99. The molecule has 19 heavy (non-hydrogen) atoms. The Morgan fingerprint density at radius 2 is 2.21 bits per heavy atom. The third-order valence-electron chi connectivity index (χ3n) is 3.82. The van der Waals surface area contributed by atoms with Crippen molar-refractivity contribution in [1.82, 2.24) is 20.0 Å². The molecule has 0 spiro atoms.